The molecule has 0 rings (SSSR count). The van der Waals surface area contributed by atoms with Gasteiger partial charge in [0.05, 0.1) is 0 Å². The van der Waals surface area contributed by atoms with Gasteiger partial charge in [-0.05, 0) is 0 Å². The normalized spacial score (nSPS) is 10.7. The fraction of sp³-hybridized carbons (Fsp3) is 0.875. The molecule has 102 valence electrons. The molecule has 1 heteroatoms. The van der Waals surface area contributed by atoms with Crippen molar-refractivity contribution in [1.29, 1.82) is 0 Å². The van der Waals surface area contributed by atoms with Gasteiger partial charge in [0.1, 0.15) is 0 Å². The molecule has 17 heavy (non-hydrogen) atoms. The Labute approximate surface area is 120 Å². The summed E-state index contributed by atoms with van der Waals surface area (Å²) < 4.78 is 3.10. The van der Waals surface area contributed by atoms with Gasteiger partial charge in [0.15, 0.2) is 0 Å². The molecule has 0 fully saturated rings. The zero-order valence-corrected chi connectivity index (χ0v) is 14.4. The minimum atomic E-state index is 0.156. The Morgan fingerprint density at radius 1 is 0.765 bits per heavy atom. The van der Waals surface area contributed by atoms with Crippen LogP contribution in [0.3, 0.4) is 0 Å². The molecule has 0 saturated carbocycles. The summed E-state index contributed by atoms with van der Waals surface area (Å²) in [5, 5.41) is 0. The van der Waals surface area contributed by atoms with Gasteiger partial charge in [-0.1, -0.05) is 0 Å². The van der Waals surface area contributed by atoms with Gasteiger partial charge in [-0.15, -0.1) is 0 Å². The van der Waals surface area contributed by atoms with Crippen LogP contribution >= 0.6 is 0 Å². The van der Waals surface area contributed by atoms with Gasteiger partial charge >= 0.3 is 120 Å². The second-order valence-electron chi connectivity index (χ2n) is 4.97. The van der Waals surface area contributed by atoms with Gasteiger partial charge in [0.25, 0.3) is 0 Å². The molecule has 0 spiro atoms. The first-order chi connectivity index (χ1) is 8.31. The van der Waals surface area contributed by atoms with Crippen molar-refractivity contribution in [2.75, 3.05) is 0 Å². The van der Waals surface area contributed by atoms with E-state index >= 15 is 0 Å². The molecular formula is C16H32Te. The molecule has 0 N–H and O–H groups in total. The van der Waals surface area contributed by atoms with E-state index in [9.17, 15) is 0 Å². The Hall–Kier alpha value is 0.530. The minimum absolute atomic E-state index is 0.156. The van der Waals surface area contributed by atoms with E-state index < -0.39 is 0 Å². The topological polar surface area (TPSA) is 0 Å². The van der Waals surface area contributed by atoms with Gasteiger partial charge < -0.3 is 0 Å². The zero-order valence-electron chi connectivity index (χ0n) is 12.1. The summed E-state index contributed by atoms with van der Waals surface area (Å²) in [5.74, 6) is 0. The second kappa shape index (κ2) is 14.6. The molecule has 0 aliphatic rings. The van der Waals surface area contributed by atoms with Crippen molar-refractivity contribution < 1.29 is 0 Å². The van der Waals surface area contributed by atoms with Crippen molar-refractivity contribution in [3.63, 3.8) is 0 Å². The summed E-state index contributed by atoms with van der Waals surface area (Å²) >= 11 is 0.156. The van der Waals surface area contributed by atoms with Crippen molar-refractivity contribution in [3.05, 3.63) is 10.2 Å². The van der Waals surface area contributed by atoms with E-state index in [0.29, 0.717) is 0 Å². The first-order valence-electron chi connectivity index (χ1n) is 7.61. The van der Waals surface area contributed by atoms with Crippen LogP contribution in [-0.2, 0) is 0 Å². The molecule has 0 amide bonds. The van der Waals surface area contributed by atoms with Crippen LogP contribution in [0.5, 0.6) is 0 Å². The van der Waals surface area contributed by atoms with E-state index in [1.807, 2.05) is 0 Å². The Kier molecular flexibility index (Phi) is 15.0. The third-order valence-corrected chi connectivity index (χ3v) is 6.27. The standard InChI is InChI=1S/C16H32Te/c1-4-6-8-9-10-11-12-13-14-16(3)17-15-7-5-2/h3-15H2,1-2H3. The van der Waals surface area contributed by atoms with Crippen molar-refractivity contribution >= 4 is 20.9 Å². The molecule has 0 aromatic rings. The van der Waals surface area contributed by atoms with Crippen molar-refractivity contribution in [1.82, 2.24) is 0 Å². The van der Waals surface area contributed by atoms with Crippen LogP contribution in [0.4, 0.5) is 0 Å². The van der Waals surface area contributed by atoms with E-state index in [2.05, 4.69) is 20.4 Å². The summed E-state index contributed by atoms with van der Waals surface area (Å²) in [4.78, 5) is 0. The Morgan fingerprint density at radius 3 is 1.88 bits per heavy atom. The third-order valence-electron chi connectivity index (χ3n) is 3.11. The van der Waals surface area contributed by atoms with Gasteiger partial charge in [0.2, 0.25) is 0 Å². The summed E-state index contributed by atoms with van der Waals surface area (Å²) in [7, 11) is 0. The second-order valence-corrected chi connectivity index (χ2v) is 8.60. The average Bonchev–Trinajstić information content (AvgIpc) is 2.33. The fourth-order valence-corrected chi connectivity index (χ4v) is 4.77. The molecule has 0 saturated heterocycles. The number of unbranched alkanes of at least 4 members (excludes halogenated alkanes) is 8. The fourth-order valence-electron chi connectivity index (χ4n) is 1.89. The molecule has 0 aliphatic carbocycles. The maximum atomic E-state index is 4.24. The summed E-state index contributed by atoms with van der Waals surface area (Å²) in [5.41, 5.74) is 0. The van der Waals surface area contributed by atoms with Crippen LogP contribution < -0.4 is 0 Å². The van der Waals surface area contributed by atoms with Crippen LogP contribution in [0.2, 0.25) is 4.47 Å². The molecule has 0 aromatic carbocycles. The quantitative estimate of drug-likeness (QED) is 0.284. The third kappa shape index (κ3) is 14.5. The summed E-state index contributed by atoms with van der Waals surface area (Å²) in [6.45, 7) is 8.81. The van der Waals surface area contributed by atoms with E-state index in [1.54, 1.807) is 3.62 Å². The molecule has 0 bridgehead atoms. The van der Waals surface area contributed by atoms with Crippen LogP contribution in [0.15, 0.2) is 10.2 Å². The number of allylic oxidation sites excluding steroid dienone is 1. The van der Waals surface area contributed by atoms with Crippen LogP contribution in [0.25, 0.3) is 0 Å². The monoisotopic (exact) mass is 354 g/mol. The molecule has 0 nitrogen and oxygen atoms in total. The van der Waals surface area contributed by atoms with E-state index in [1.165, 1.54) is 75.1 Å². The molecule has 0 unspecified atom stereocenters. The maximum absolute atomic E-state index is 4.24. The number of hydrogen-bond donors (Lipinski definition) is 0. The first-order valence-corrected chi connectivity index (χ1v) is 10.4. The summed E-state index contributed by atoms with van der Waals surface area (Å²) in [6.07, 6.45) is 15.6. The Morgan fingerprint density at radius 2 is 1.29 bits per heavy atom. The van der Waals surface area contributed by atoms with Gasteiger partial charge in [0, 0.05) is 0 Å². The van der Waals surface area contributed by atoms with Gasteiger partial charge in [-0.3, -0.25) is 0 Å². The molecule has 0 aliphatic heterocycles. The molecule has 0 aromatic heterocycles. The first kappa shape index (κ1) is 17.5. The number of hydrogen-bond acceptors (Lipinski definition) is 0. The van der Waals surface area contributed by atoms with E-state index in [4.69, 9.17) is 0 Å². The van der Waals surface area contributed by atoms with Gasteiger partial charge in [-0.2, -0.15) is 0 Å². The zero-order chi connectivity index (χ0) is 12.8. The summed E-state index contributed by atoms with van der Waals surface area (Å²) in [6, 6.07) is 0. The van der Waals surface area contributed by atoms with E-state index in [0.717, 1.165) is 0 Å². The van der Waals surface area contributed by atoms with E-state index in [-0.39, 0.29) is 20.9 Å². The van der Waals surface area contributed by atoms with Gasteiger partial charge in [-0.25, -0.2) is 0 Å². The van der Waals surface area contributed by atoms with Crippen LogP contribution in [0.1, 0.15) is 84.5 Å². The Bertz CT molecular complexity index is 163. The SMILES string of the molecule is C=C(CCCCCCCCCC)[Te]CCCC. The van der Waals surface area contributed by atoms with Crippen molar-refractivity contribution in [3.8, 4) is 0 Å². The molecule has 0 atom stereocenters. The van der Waals surface area contributed by atoms with Crippen molar-refractivity contribution in [2.45, 2.75) is 88.9 Å². The molecule has 0 radical (unpaired) electrons. The predicted octanol–water partition coefficient (Wildman–Crippen LogP) is 5.95. The Balaban J connectivity index is 3.08. The predicted molar refractivity (Wildman–Crippen MR) is 81.8 cm³/mol. The van der Waals surface area contributed by atoms with Crippen LogP contribution in [-0.4, -0.2) is 20.9 Å². The van der Waals surface area contributed by atoms with Crippen LogP contribution in [0, 0.1) is 0 Å². The molecule has 0 heterocycles. The number of rotatable bonds is 13. The molecular weight excluding hydrogens is 320 g/mol. The van der Waals surface area contributed by atoms with Crippen molar-refractivity contribution in [2.24, 2.45) is 0 Å². The average molecular weight is 352 g/mol.